The van der Waals surface area contributed by atoms with Crippen LogP contribution in [0.15, 0.2) is 29.2 Å². The number of nitrogens with zero attached hydrogens (tertiary/aromatic N) is 1. The van der Waals surface area contributed by atoms with Crippen molar-refractivity contribution in [3.05, 3.63) is 50.7 Å². The normalized spacial score (nSPS) is 10.1. The molecule has 98 valence electrons. The summed E-state index contributed by atoms with van der Waals surface area (Å²) < 4.78 is 0. The molecular weight excluding hydrogens is 256 g/mol. The standard InChI is InChI=1S/C10H8N4O5/c15-8-2-1-5(14(18)19)3-6(8)12-9(16)7-4-11-10(17)13-7/h1-4,15H,(H,12,16)(H2,11,13,17). The van der Waals surface area contributed by atoms with E-state index in [0.29, 0.717) is 0 Å². The number of nitrogens with one attached hydrogen (secondary N) is 3. The third kappa shape index (κ3) is 2.60. The third-order valence-corrected chi connectivity index (χ3v) is 2.28. The van der Waals surface area contributed by atoms with E-state index < -0.39 is 16.5 Å². The summed E-state index contributed by atoms with van der Waals surface area (Å²) in [5.74, 6) is -1.04. The van der Waals surface area contributed by atoms with Gasteiger partial charge in [0, 0.05) is 18.3 Å². The molecule has 2 rings (SSSR count). The number of carbonyl (C=O) groups is 1. The number of rotatable bonds is 3. The summed E-state index contributed by atoms with van der Waals surface area (Å²) in [5, 5.41) is 22.3. The van der Waals surface area contributed by atoms with Crippen LogP contribution in [0.4, 0.5) is 11.4 Å². The molecule has 0 saturated heterocycles. The van der Waals surface area contributed by atoms with E-state index >= 15 is 0 Å². The molecule has 1 aromatic carbocycles. The summed E-state index contributed by atoms with van der Waals surface area (Å²) in [5.41, 5.74) is -1.03. The number of non-ortho nitro benzene ring substituents is 1. The summed E-state index contributed by atoms with van der Waals surface area (Å²) in [7, 11) is 0. The average molecular weight is 264 g/mol. The fourth-order valence-electron chi connectivity index (χ4n) is 1.38. The third-order valence-electron chi connectivity index (χ3n) is 2.28. The van der Waals surface area contributed by atoms with Crippen LogP contribution in [0, 0.1) is 10.1 Å². The number of phenols is 1. The number of nitro benzene ring substituents is 1. The van der Waals surface area contributed by atoms with Gasteiger partial charge < -0.3 is 20.4 Å². The first-order chi connectivity index (χ1) is 8.97. The predicted molar refractivity (Wildman–Crippen MR) is 64.1 cm³/mol. The largest absolute Gasteiger partial charge is 0.506 e. The molecule has 9 heteroatoms. The molecule has 0 aliphatic heterocycles. The van der Waals surface area contributed by atoms with E-state index in [1.807, 2.05) is 0 Å². The summed E-state index contributed by atoms with van der Waals surface area (Å²) in [6.07, 6.45) is 1.14. The van der Waals surface area contributed by atoms with Crippen LogP contribution in [-0.4, -0.2) is 25.9 Å². The lowest BCUT2D eigenvalue weighted by Gasteiger charge is -2.05. The molecule has 0 unspecified atom stereocenters. The second-order valence-corrected chi connectivity index (χ2v) is 3.57. The molecule has 0 spiro atoms. The first-order valence-electron chi connectivity index (χ1n) is 5.04. The molecule has 0 saturated carbocycles. The monoisotopic (exact) mass is 264 g/mol. The molecule has 1 amide bonds. The molecule has 1 aromatic heterocycles. The molecule has 9 nitrogen and oxygen atoms in total. The predicted octanol–water partition coefficient (Wildman–Crippen LogP) is 0.569. The highest BCUT2D eigenvalue weighted by molar-refractivity contribution is 6.03. The van der Waals surface area contributed by atoms with Crippen molar-refractivity contribution in [3.63, 3.8) is 0 Å². The van der Waals surface area contributed by atoms with Gasteiger partial charge in [0.2, 0.25) is 0 Å². The zero-order valence-corrected chi connectivity index (χ0v) is 9.34. The Morgan fingerprint density at radius 1 is 1.42 bits per heavy atom. The van der Waals surface area contributed by atoms with Crippen molar-refractivity contribution in [1.82, 2.24) is 9.97 Å². The fourth-order valence-corrected chi connectivity index (χ4v) is 1.38. The Labute approximate surface area is 105 Å². The van der Waals surface area contributed by atoms with Crippen LogP contribution in [0.5, 0.6) is 5.75 Å². The van der Waals surface area contributed by atoms with E-state index in [0.717, 1.165) is 24.4 Å². The van der Waals surface area contributed by atoms with Crippen molar-refractivity contribution in [2.45, 2.75) is 0 Å². The highest BCUT2D eigenvalue weighted by Crippen LogP contribution is 2.27. The minimum absolute atomic E-state index is 0.0593. The van der Waals surface area contributed by atoms with E-state index in [1.165, 1.54) is 0 Å². The quantitative estimate of drug-likeness (QED) is 0.364. The number of aromatic nitrogens is 2. The van der Waals surface area contributed by atoms with Gasteiger partial charge in [-0.15, -0.1) is 0 Å². The van der Waals surface area contributed by atoms with Gasteiger partial charge in [-0.3, -0.25) is 14.9 Å². The molecule has 0 aliphatic rings. The fraction of sp³-hybridized carbons (Fsp3) is 0. The van der Waals surface area contributed by atoms with E-state index in [2.05, 4.69) is 15.3 Å². The molecule has 2 aromatic rings. The Balaban J connectivity index is 2.28. The Morgan fingerprint density at radius 2 is 2.16 bits per heavy atom. The van der Waals surface area contributed by atoms with E-state index in [1.54, 1.807) is 0 Å². The van der Waals surface area contributed by atoms with E-state index in [9.17, 15) is 24.8 Å². The van der Waals surface area contributed by atoms with Gasteiger partial charge in [-0.25, -0.2) is 4.79 Å². The summed E-state index contributed by atoms with van der Waals surface area (Å²) in [6, 6.07) is 3.20. The summed E-state index contributed by atoms with van der Waals surface area (Å²) in [4.78, 5) is 36.9. The number of hydrogen-bond donors (Lipinski definition) is 4. The highest BCUT2D eigenvalue weighted by Gasteiger charge is 2.14. The van der Waals surface area contributed by atoms with Crippen LogP contribution < -0.4 is 11.0 Å². The van der Waals surface area contributed by atoms with Crippen molar-refractivity contribution >= 4 is 17.3 Å². The molecule has 0 bridgehead atoms. The molecule has 19 heavy (non-hydrogen) atoms. The second kappa shape index (κ2) is 4.64. The number of phenolic OH excluding ortho intramolecular Hbond substituents is 1. The molecule has 1 heterocycles. The Hall–Kier alpha value is -3.10. The van der Waals surface area contributed by atoms with Crippen molar-refractivity contribution in [1.29, 1.82) is 0 Å². The van der Waals surface area contributed by atoms with Crippen LogP contribution in [0.2, 0.25) is 0 Å². The molecule has 4 N–H and O–H groups in total. The maximum Gasteiger partial charge on any atom is 0.323 e. The van der Waals surface area contributed by atoms with Crippen LogP contribution in [0.25, 0.3) is 0 Å². The van der Waals surface area contributed by atoms with Gasteiger partial charge in [0.1, 0.15) is 11.4 Å². The lowest BCUT2D eigenvalue weighted by molar-refractivity contribution is -0.384. The summed E-state index contributed by atoms with van der Waals surface area (Å²) in [6.45, 7) is 0. The Kier molecular flexibility index (Phi) is 3.02. The highest BCUT2D eigenvalue weighted by atomic mass is 16.6. The number of carbonyl (C=O) groups excluding carboxylic acids is 1. The zero-order valence-electron chi connectivity index (χ0n) is 9.34. The van der Waals surface area contributed by atoms with Gasteiger partial charge in [0.05, 0.1) is 10.6 Å². The van der Waals surface area contributed by atoms with Crippen LogP contribution in [0.1, 0.15) is 10.5 Å². The number of aromatic hydroxyl groups is 1. The Bertz CT molecular complexity index is 702. The van der Waals surface area contributed by atoms with Crippen molar-refractivity contribution in [2.75, 3.05) is 5.32 Å². The first-order valence-corrected chi connectivity index (χ1v) is 5.04. The maximum atomic E-state index is 11.7. The van der Waals surface area contributed by atoms with Gasteiger partial charge in [0.25, 0.3) is 11.6 Å². The number of H-pyrrole nitrogens is 2. The van der Waals surface area contributed by atoms with Crippen molar-refractivity contribution in [3.8, 4) is 5.75 Å². The number of nitro groups is 1. The topological polar surface area (TPSA) is 141 Å². The smallest absolute Gasteiger partial charge is 0.323 e. The lowest BCUT2D eigenvalue weighted by atomic mass is 10.2. The minimum Gasteiger partial charge on any atom is -0.506 e. The molecular formula is C10H8N4O5. The van der Waals surface area contributed by atoms with E-state index in [-0.39, 0.29) is 22.8 Å². The van der Waals surface area contributed by atoms with Crippen LogP contribution in [0.3, 0.4) is 0 Å². The van der Waals surface area contributed by atoms with Crippen molar-refractivity contribution < 1.29 is 14.8 Å². The number of hydrogen-bond acceptors (Lipinski definition) is 5. The number of imidazole rings is 1. The molecule has 0 aliphatic carbocycles. The summed E-state index contributed by atoms with van der Waals surface area (Å²) >= 11 is 0. The number of aromatic amines is 2. The Morgan fingerprint density at radius 3 is 2.74 bits per heavy atom. The van der Waals surface area contributed by atoms with Gasteiger partial charge in [-0.1, -0.05) is 0 Å². The molecule has 0 atom stereocenters. The lowest BCUT2D eigenvalue weighted by Crippen LogP contribution is -2.14. The molecule has 0 fully saturated rings. The van der Waals surface area contributed by atoms with Crippen LogP contribution in [-0.2, 0) is 0 Å². The second-order valence-electron chi connectivity index (χ2n) is 3.57. The van der Waals surface area contributed by atoms with E-state index in [4.69, 9.17) is 0 Å². The van der Waals surface area contributed by atoms with Gasteiger partial charge in [0.15, 0.2) is 0 Å². The minimum atomic E-state index is -0.714. The van der Waals surface area contributed by atoms with Gasteiger partial charge in [-0.05, 0) is 6.07 Å². The maximum absolute atomic E-state index is 11.7. The number of anilines is 1. The number of benzene rings is 1. The van der Waals surface area contributed by atoms with Crippen molar-refractivity contribution in [2.24, 2.45) is 0 Å². The first kappa shape index (κ1) is 12.4. The van der Waals surface area contributed by atoms with Gasteiger partial charge >= 0.3 is 5.69 Å². The van der Waals surface area contributed by atoms with Gasteiger partial charge in [-0.2, -0.15) is 0 Å². The zero-order chi connectivity index (χ0) is 14.0. The van der Waals surface area contributed by atoms with Crippen LogP contribution >= 0.6 is 0 Å². The molecule has 0 radical (unpaired) electrons. The SMILES string of the molecule is O=C(Nc1cc([N+](=O)[O-])ccc1O)c1c[nH]c(=O)[nH]1. The number of amides is 1. The average Bonchev–Trinajstić information content (AvgIpc) is 2.78.